The molecule has 0 amide bonds. The summed E-state index contributed by atoms with van der Waals surface area (Å²) in [6, 6.07) is 0. The van der Waals surface area contributed by atoms with E-state index in [4.69, 9.17) is 4.74 Å². The van der Waals surface area contributed by atoms with Crippen LogP contribution in [0.4, 0.5) is 0 Å². The van der Waals surface area contributed by atoms with Gasteiger partial charge in [0.25, 0.3) is 0 Å². The molecule has 0 aromatic carbocycles. The van der Waals surface area contributed by atoms with Gasteiger partial charge in [0.05, 0.1) is 18.3 Å². The molecule has 1 aromatic rings. The summed E-state index contributed by atoms with van der Waals surface area (Å²) in [7, 11) is 0. The summed E-state index contributed by atoms with van der Waals surface area (Å²) < 4.78 is 7.84. The summed E-state index contributed by atoms with van der Waals surface area (Å²) in [5.74, 6) is 0. The SMILES string of the molecule is CCCNCCc1c(C)nn(CC2CCCO2)c1C. The van der Waals surface area contributed by atoms with Gasteiger partial charge in [0.2, 0.25) is 0 Å². The molecule has 1 fully saturated rings. The van der Waals surface area contributed by atoms with Crippen LogP contribution in [-0.4, -0.2) is 35.6 Å². The van der Waals surface area contributed by atoms with Gasteiger partial charge in [-0.1, -0.05) is 6.92 Å². The summed E-state index contributed by atoms with van der Waals surface area (Å²) >= 11 is 0. The van der Waals surface area contributed by atoms with Gasteiger partial charge in [-0.05, 0) is 58.2 Å². The van der Waals surface area contributed by atoms with Crippen LogP contribution < -0.4 is 5.32 Å². The van der Waals surface area contributed by atoms with Gasteiger partial charge in [-0.25, -0.2) is 0 Å². The van der Waals surface area contributed by atoms with E-state index in [-0.39, 0.29) is 0 Å². The third-order valence-corrected chi connectivity index (χ3v) is 3.91. The van der Waals surface area contributed by atoms with Crippen molar-refractivity contribution in [3.05, 3.63) is 17.0 Å². The molecule has 0 bridgehead atoms. The van der Waals surface area contributed by atoms with E-state index in [0.29, 0.717) is 6.10 Å². The van der Waals surface area contributed by atoms with Crippen molar-refractivity contribution in [3.63, 3.8) is 0 Å². The second kappa shape index (κ2) is 7.06. The van der Waals surface area contributed by atoms with Crippen LogP contribution in [0.15, 0.2) is 0 Å². The molecular formula is C15H27N3O. The number of ether oxygens (including phenoxy) is 1. The molecule has 0 saturated carbocycles. The van der Waals surface area contributed by atoms with Gasteiger partial charge in [0.1, 0.15) is 0 Å². The highest BCUT2D eigenvalue weighted by Crippen LogP contribution is 2.18. The molecule has 1 aliphatic heterocycles. The fourth-order valence-corrected chi connectivity index (χ4v) is 2.77. The monoisotopic (exact) mass is 265 g/mol. The van der Waals surface area contributed by atoms with Crippen LogP contribution in [0.1, 0.15) is 43.1 Å². The Hall–Kier alpha value is -0.870. The van der Waals surface area contributed by atoms with E-state index in [1.807, 2.05) is 0 Å². The third-order valence-electron chi connectivity index (χ3n) is 3.91. The first-order valence-corrected chi connectivity index (χ1v) is 7.57. The van der Waals surface area contributed by atoms with E-state index in [1.54, 1.807) is 0 Å². The van der Waals surface area contributed by atoms with Crippen LogP contribution in [-0.2, 0) is 17.7 Å². The Morgan fingerprint density at radius 2 is 2.21 bits per heavy atom. The molecular weight excluding hydrogens is 238 g/mol. The topological polar surface area (TPSA) is 39.1 Å². The minimum Gasteiger partial charge on any atom is -0.376 e. The Labute approximate surface area is 116 Å². The van der Waals surface area contributed by atoms with E-state index in [2.05, 4.69) is 35.9 Å². The average molecular weight is 265 g/mol. The Bertz CT molecular complexity index is 394. The molecule has 19 heavy (non-hydrogen) atoms. The quantitative estimate of drug-likeness (QED) is 0.768. The van der Waals surface area contributed by atoms with Crippen molar-refractivity contribution in [2.45, 2.75) is 59.1 Å². The van der Waals surface area contributed by atoms with Gasteiger partial charge < -0.3 is 10.1 Å². The minimum atomic E-state index is 0.365. The zero-order valence-electron chi connectivity index (χ0n) is 12.5. The predicted octanol–water partition coefficient (Wildman–Crippen LogP) is 2.22. The molecule has 108 valence electrons. The lowest BCUT2D eigenvalue weighted by Gasteiger charge is -2.11. The standard InChI is InChI=1S/C15H27N3O/c1-4-8-16-9-7-15-12(2)17-18(13(15)3)11-14-6-5-10-19-14/h14,16H,4-11H2,1-3H3. The van der Waals surface area contributed by atoms with Crippen LogP contribution >= 0.6 is 0 Å². The number of aryl methyl sites for hydroxylation is 1. The van der Waals surface area contributed by atoms with Crippen LogP contribution in [0.5, 0.6) is 0 Å². The number of rotatable bonds is 7. The first-order valence-electron chi connectivity index (χ1n) is 7.57. The molecule has 1 aromatic heterocycles. The smallest absolute Gasteiger partial charge is 0.0771 e. The largest absolute Gasteiger partial charge is 0.376 e. The number of hydrogen-bond donors (Lipinski definition) is 1. The average Bonchev–Trinajstić information content (AvgIpc) is 2.98. The summed E-state index contributed by atoms with van der Waals surface area (Å²) in [5.41, 5.74) is 3.89. The molecule has 0 radical (unpaired) electrons. The number of nitrogens with zero attached hydrogens (tertiary/aromatic N) is 2. The number of hydrogen-bond acceptors (Lipinski definition) is 3. The van der Waals surface area contributed by atoms with Gasteiger partial charge in [-0.2, -0.15) is 5.10 Å². The van der Waals surface area contributed by atoms with Crippen molar-refractivity contribution in [3.8, 4) is 0 Å². The minimum absolute atomic E-state index is 0.365. The maximum absolute atomic E-state index is 5.70. The molecule has 1 atom stereocenters. The summed E-state index contributed by atoms with van der Waals surface area (Å²) in [6.45, 7) is 10.5. The molecule has 0 spiro atoms. The van der Waals surface area contributed by atoms with Crippen molar-refractivity contribution in [2.75, 3.05) is 19.7 Å². The lowest BCUT2D eigenvalue weighted by Crippen LogP contribution is -2.19. The molecule has 1 aliphatic rings. The maximum atomic E-state index is 5.70. The van der Waals surface area contributed by atoms with Gasteiger partial charge in [-0.3, -0.25) is 4.68 Å². The Morgan fingerprint density at radius 1 is 1.37 bits per heavy atom. The predicted molar refractivity (Wildman–Crippen MR) is 77.5 cm³/mol. The van der Waals surface area contributed by atoms with Crippen LogP contribution in [0.3, 0.4) is 0 Å². The van der Waals surface area contributed by atoms with E-state index < -0.39 is 0 Å². The van der Waals surface area contributed by atoms with E-state index >= 15 is 0 Å². The first kappa shape index (κ1) is 14.5. The number of aromatic nitrogens is 2. The number of nitrogens with one attached hydrogen (secondary N) is 1. The molecule has 0 aliphatic carbocycles. The fourth-order valence-electron chi connectivity index (χ4n) is 2.77. The molecule has 1 N–H and O–H groups in total. The Balaban J connectivity index is 1.93. The fraction of sp³-hybridized carbons (Fsp3) is 0.800. The second-order valence-electron chi connectivity index (χ2n) is 5.47. The Morgan fingerprint density at radius 3 is 2.89 bits per heavy atom. The van der Waals surface area contributed by atoms with Crippen molar-refractivity contribution in [1.29, 1.82) is 0 Å². The van der Waals surface area contributed by atoms with E-state index in [0.717, 1.165) is 32.7 Å². The van der Waals surface area contributed by atoms with Crippen LogP contribution in [0, 0.1) is 13.8 Å². The normalized spacial score (nSPS) is 19.2. The van der Waals surface area contributed by atoms with Gasteiger partial charge in [0.15, 0.2) is 0 Å². The molecule has 2 heterocycles. The highest BCUT2D eigenvalue weighted by atomic mass is 16.5. The maximum Gasteiger partial charge on any atom is 0.0771 e. The second-order valence-corrected chi connectivity index (χ2v) is 5.47. The lowest BCUT2D eigenvalue weighted by atomic mass is 10.1. The zero-order valence-corrected chi connectivity index (χ0v) is 12.5. The molecule has 4 nitrogen and oxygen atoms in total. The van der Waals surface area contributed by atoms with Crippen LogP contribution in [0.25, 0.3) is 0 Å². The summed E-state index contributed by atoms with van der Waals surface area (Å²) in [5, 5.41) is 8.14. The summed E-state index contributed by atoms with van der Waals surface area (Å²) in [4.78, 5) is 0. The molecule has 2 rings (SSSR count). The van der Waals surface area contributed by atoms with Crippen molar-refractivity contribution < 1.29 is 4.74 Å². The lowest BCUT2D eigenvalue weighted by molar-refractivity contribution is 0.0934. The van der Waals surface area contributed by atoms with Gasteiger partial charge in [0, 0.05) is 12.3 Å². The van der Waals surface area contributed by atoms with Crippen LogP contribution in [0.2, 0.25) is 0 Å². The third kappa shape index (κ3) is 3.80. The molecule has 1 saturated heterocycles. The highest BCUT2D eigenvalue weighted by molar-refractivity contribution is 5.24. The van der Waals surface area contributed by atoms with E-state index in [9.17, 15) is 0 Å². The van der Waals surface area contributed by atoms with Crippen molar-refractivity contribution in [1.82, 2.24) is 15.1 Å². The summed E-state index contributed by atoms with van der Waals surface area (Å²) in [6.07, 6.45) is 4.99. The molecule has 1 unspecified atom stereocenters. The van der Waals surface area contributed by atoms with E-state index in [1.165, 1.54) is 36.2 Å². The molecule has 4 heteroatoms. The Kier molecular flexibility index (Phi) is 5.40. The highest BCUT2D eigenvalue weighted by Gasteiger charge is 2.19. The van der Waals surface area contributed by atoms with Crippen molar-refractivity contribution >= 4 is 0 Å². The van der Waals surface area contributed by atoms with Gasteiger partial charge >= 0.3 is 0 Å². The first-order chi connectivity index (χ1) is 9.22. The van der Waals surface area contributed by atoms with Gasteiger partial charge in [-0.15, -0.1) is 0 Å². The zero-order chi connectivity index (χ0) is 13.7. The van der Waals surface area contributed by atoms with Crippen molar-refractivity contribution in [2.24, 2.45) is 0 Å².